The molecule has 1 rings (SSSR count). The average molecular weight is 293 g/mol. The summed E-state index contributed by atoms with van der Waals surface area (Å²) in [5.74, 6) is 0.648. The van der Waals surface area contributed by atoms with Crippen molar-refractivity contribution in [1.82, 2.24) is 5.32 Å². The summed E-state index contributed by atoms with van der Waals surface area (Å²) in [5, 5.41) is 11.8. The number of aliphatic carboxylic acids is 1. The van der Waals surface area contributed by atoms with Crippen LogP contribution in [0.4, 0.5) is 0 Å². The minimum Gasteiger partial charge on any atom is -0.490 e. The summed E-state index contributed by atoms with van der Waals surface area (Å²) in [4.78, 5) is 10.4. The van der Waals surface area contributed by atoms with Gasteiger partial charge in [0.1, 0.15) is 6.61 Å². The minimum atomic E-state index is -0.765. The molecule has 21 heavy (non-hydrogen) atoms. The number of carbonyl (C=O) groups is 1. The van der Waals surface area contributed by atoms with Crippen LogP contribution in [0.2, 0.25) is 0 Å². The van der Waals surface area contributed by atoms with E-state index >= 15 is 0 Å². The second kappa shape index (κ2) is 9.83. The zero-order chi connectivity index (χ0) is 15.5. The molecule has 0 aliphatic rings. The Balaban J connectivity index is 2.52. The molecule has 5 nitrogen and oxygen atoms in total. The molecule has 0 heterocycles. The lowest BCUT2D eigenvalue weighted by Crippen LogP contribution is -2.15. The van der Waals surface area contributed by atoms with Gasteiger partial charge in [0, 0.05) is 13.0 Å². The Morgan fingerprint density at radius 1 is 1.38 bits per heavy atom. The maximum atomic E-state index is 10.4. The van der Waals surface area contributed by atoms with Gasteiger partial charge in [-0.3, -0.25) is 4.79 Å². The van der Waals surface area contributed by atoms with Crippen LogP contribution >= 0.6 is 0 Å². The number of ether oxygens (including phenoxy) is 2. The summed E-state index contributed by atoms with van der Waals surface area (Å²) >= 11 is 0. The lowest BCUT2D eigenvalue weighted by Gasteiger charge is -2.13. The van der Waals surface area contributed by atoms with Gasteiger partial charge in [-0.15, -0.1) is 0 Å². The van der Waals surface area contributed by atoms with Gasteiger partial charge in [0.25, 0.3) is 0 Å². The second-order valence-electron chi connectivity index (χ2n) is 4.49. The highest BCUT2D eigenvalue weighted by Gasteiger charge is 2.06. The molecule has 0 radical (unpaired) electrons. The molecule has 0 saturated carbocycles. The first-order valence-electron chi connectivity index (χ1n) is 7.09. The van der Waals surface area contributed by atoms with Gasteiger partial charge >= 0.3 is 5.97 Å². The first kappa shape index (κ1) is 17.0. The van der Waals surface area contributed by atoms with Crippen molar-refractivity contribution in [2.75, 3.05) is 19.8 Å². The first-order valence-corrected chi connectivity index (χ1v) is 7.09. The Bertz CT molecular complexity index is 460. The van der Waals surface area contributed by atoms with Crippen molar-refractivity contribution >= 4 is 5.97 Å². The first-order chi connectivity index (χ1) is 10.2. The largest absolute Gasteiger partial charge is 0.490 e. The molecule has 0 atom stereocenters. The van der Waals surface area contributed by atoms with Gasteiger partial charge in [-0.1, -0.05) is 18.7 Å². The molecule has 5 heteroatoms. The Morgan fingerprint density at radius 2 is 2.19 bits per heavy atom. The Morgan fingerprint density at radius 3 is 2.86 bits per heavy atom. The maximum Gasteiger partial charge on any atom is 0.303 e. The Hall–Kier alpha value is -2.01. The van der Waals surface area contributed by atoms with Gasteiger partial charge in [0.2, 0.25) is 0 Å². The topological polar surface area (TPSA) is 67.8 Å². The molecule has 0 bridgehead atoms. The van der Waals surface area contributed by atoms with Crippen molar-refractivity contribution in [2.45, 2.75) is 26.3 Å². The van der Waals surface area contributed by atoms with E-state index in [2.05, 4.69) is 11.9 Å². The fraction of sp³-hybridized carbons (Fsp3) is 0.438. The molecular formula is C16H23NO4. The lowest BCUT2D eigenvalue weighted by molar-refractivity contribution is -0.137. The maximum absolute atomic E-state index is 10.4. The molecule has 0 saturated heterocycles. The van der Waals surface area contributed by atoms with Gasteiger partial charge in [0.15, 0.2) is 11.5 Å². The molecule has 0 amide bonds. The fourth-order valence-corrected chi connectivity index (χ4v) is 1.80. The predicted octanol–water partition coefficient (Wildman–Crippen LogP) is 2.60. The van der Waals surface area contributed by atoms with Crippen molar-refractivity contribution in [3.05, 3.63) is 36.4 Å². The summed E-state index contributed by atoms with van der Waals surface area (Å²) in [6.45, 7) is 7.89. The van der Waals surface area contributed by atoms with Crippen molar-refractivity contribution in [3.8, 4) is 11.5 Å². The highest BCUT2D eigenvalue weighted by Crippen LogP contribution is 2.28. The number of nitrogens with one attached hydrogen (secondary N) is 1. The van der Waals surface area contributed by atoms with Crippen molar-refractivity contribution in [1.29, 1.82) is 0 Å². The van der Waals surface area contributed by atoms with E-state index in [1.807, 2.05) is 25.1 Å². The van der Waals surface area contributed by atoms with E-state index in [-0.39, 0.29) is 6.42 Å². The molecule has 1 aromatic carbocycles. The molecule has 1 aromatic rings. The number of hydrogen-bond donors (Lipinski definition) is 2. The molecule has 0 aliphatic heterocycles. The van der Waals surface area contributed by atoms with Crippen LogP contribution in [-0.2, 0) is 11.3 Å². The fourth-order valence-electron chi connectivity index (χ4n) is 1.80. The van der Waals surface area contributed by atoms with Crippen LogP contribution in [0.3, 0.4) is 0 Å². The lowest BCUT2D eigenvalue weighted by atomic mass is 10.2. The van der Waals surface area contributed by atoms with E-state index in [1.54, 1.807) is 6.08 Å². The van der Waals surface area contributed by atoms with Gasteiger partial charge in [-0.05, 0) is 37.6 Å². The normalized spacial score (nSPS) is 10.1. The van der Waals surface area contributed by atoms with Crippen LogP contribution < -0.4 is 14.8 Å². The van der Waals surface area contributed by atoms with Gasteiger partial charge in [0.05, 0.1) is 6.61 Å². The predicted molar refractivity (Wildman–Crippen MR) is 81.9 cm³/mol. The zero-order valence-corrected chi connectivity index (χ0v) is 12.4. The highest BCUT2D eigenvalue weighted by atomic mass is 16.5. The zero-order valence-electron chi connectivity index (χ0n) is 12.4. The van der Waals surface area contributed by atoms with Crippen LogP contribution in [0.5, 0.6) is 11.5 Å². The van der Waals surface area contributed by atoms with E-state index < -0.39 is 5.97 Å². The van der Waals surface area contributed by atoms with E-state index in [9.17, 15) is 4.79 Å². The quantitative estimate of drug-likeness (QED) is 0.485. The highest BCUT2D eigenvalue weighted by molar-refractivity contribution is 5.66. The van der Waals surface area contributed by atoms with E-state index in [4.69, 9.17) is 14.6 Å². The van der Waals surface area contributed by atoms with Gasteiger partial charge in [-0.2, -0.15) is 0 Å². The van der Waals surface area contributed by atoms with Crippen LogP contribution in [0.1, 0.15) is 25.3 Å². The van der Waals surface area contributed by atoms with Crippen LogP contribution in [-0.4, -0.2) is 30.8 Å². The molecule has 0 unspecified atom stereocenters. The number of benzene rings is 1. The average Bonchev–Trinajstić information content (AvgIpc) is 2.46. The summed E-state index contributed by atoms with van der Waals surface area (Å²) in [6.07, 6.45) is 2.49. The Kier molecular flexibility index (Phi) is 7.97. The van der Waals surface area contributed by atoms with E-state index in [1.165, 1.54) is 0 Å². The molecule has 0 fully saturated rings. The monoisotopic (exact) mass is 293 g/mol. The molecular weight excluding hydrogens is 270 g/mol. The third-order valence-electron chi connectivity index (χ3n) is 2.74. The van der Waals surface area contributed by atoms with Crippen LogP contribution in [0.15, 0.2) is 30.9 Å². The molecule has 2 N–H and O–H groups in total. The van der Waals surface area contributed by atoms with Crippen molar-refractivity contribution in [2.24, 2.45) is 0 Å². The summed E-state index contributed by atoms with van der Waals surface area (Å²) in [7, 11) is 0. The van der Waals surface area contributed by atoms with E-state index in [0.717, 1.165) is 5.56 Å². The smallest absolute Gasteiger partial charge is 0.303 e. The summed E-state index contributed by atoms with van der Waals surface area (Å²) < 4.78 is 11.1. The number of hydrogen-bond acceptors (Lipinski definition) is 4. The molecule has 0 aromatic heterocycles. The SMILES string of the molecule is C=CCOc1ccc(CNCCCC(=O)O)cc1OCC. The minimum absolute atomic E-state index is 0.186. The number of rotatable bonds is 11. The van der Waals surface area contributed by atoms with Gasteiger partial charge < -0.3 is 19.9 Å². The third kappa shape index (κ3) is 6.81. The number of carboxylic acids is 1. The second-order valence-corrected chi connectivity index (χ2v) is 4.49. The molecule has 116 valence electrons. The van der Waals surface area contributed by atoms with E-state index in [0.29, 0.717) is 44.2 Å². The Labute approximate surface area is 125 Å². The molecule has 0 aliphatic carbocycles. The standard InChI is InChI=1S/C16H23NO4/c1-3-10-21-14-8-7-13(11-15(14)20-4-2)12-17-9-5-6-16(18)19/h3,7-8,11,17H,1,4-6,9-10,12H2,2H3,(H,18,19). The third-order valence-corrected chi connectivity index (χ3v) is 2.74. The van der Waals surface area contributed by atoms with Crippen LogP contribution in [0.25, 0.3) is 0 Å². The van der Waals surface area contributed by atoms with Crippen molar-refractivity contribution in [3.63, 3.8) is 0 Å². The molecule has 0 spiro atoms. The number of carboxylic acid groups (broad SMARTS) is 1. The van der Waals surface area contributed by atoms with Crippen LogP contribution in [0, 0.1) is 0 Å². The van der Waals surface area contributed by atoms with Gasteiger partial charge in [-0.25, -0.2) is 0 Å². The summed E-state index contributed by atoms with van der Waals surface area (Å²) in [6, 6.07) is 5.78. The summed E-state index contributed by atoms with van der Waals surface area (Å²) in [5.41, 5.74) is 1.07. The van der Waals surface area contributed by atoms with Crippen molar-refractivity contribution < 1.29 is 19.4 Å².